The monoisotopic (exact) mass is 634 g/mol. The minimum absolute atomic E-state index is 0.0624. The second-order valence-corrected chi connectivity index (χ2v) is 12.0. The van der Waals surface area contributed by atoms with Crippen molar-refractivity contribution < 1.29 is 28.7 Å². The van der Waals surface area contributed by atoms with Gasteiger partial charge in [0.1, 0.15) is 25.0 Å². The van der Waals surface area contributed by atoms with Crippen LogP contribution in [0.1, 0.15) is 40.7 Å². The summed E-state index contributed by atoms with van der Waals surface area (Å²) in [5.74, 6) is -0.173. The minimum atomic E-state index is -0.898. The highest BCUT2D eigenvalue weighted by Crippen LogP contribution is 2.24. The van der Waals surface area contributed by atoms with E-state index in [0.717, 1.165) is 21.9 Å². The molecule has 3 atom stereocenters. The molecule has 242 valence electrons. The molecule has 1 fully saturated rings. The molecule has 0 aromatic heterocycles. The molecule has 2 heterocycles. The first-order valence-corrected chi connectivity index (χ1v) is 16.0. The molecule has 2 aliphatic heterocycles. The fraction of sp³-hybridized carbons (Fsp3) is 0.297. The number of nitrogens with zero attached hydrogens (tertiary/aromatic N) is 1. The summed E-state index contributed by atoms with van der Waals surface area (Å²) in [5, 5.41) is 10.9. The number of hydrogen-bond donors (Lipinski definition) is 3. The van der Waals surface area contributed by atoms with Crippen LogP contribution in [-0.2, 0) is 27.4 Å². The van der Waals surface area contributed by atoms with Gasteiger partial charge in [0.15, 0.2) is 0 Å². The van der Waals surface area contributed by atoms with Gasteiger partial charge >= 0.3 is 6.09 Å². The molecule has 10 nitrogen and oxygen atoms in total. The number of nitrogens with one attached hydrogen (secondary N) is 3. The van der Waals surface area contributed by atoms with Gasteiger partial charge in [0.2, 0.25) is 11.8 Å². The summed E-state index contributed by atoms with van der Waals surface area (Å²) in [6.07, 6.45) is 0.701. The molecule has 0 radical (unpaired) electrons. The van der Waals surface area contributed by atoms with Gasteiger partial charge in [-0.1, -0.05) is 78.9 Å². The van der Waals surface area contributed by atoms with Gasteiger partial charge in [0.05, 0.1) is 12.5 Å². The molecule has 0 saturated carbocycles. The maximum absolute atomic E-state index is 14.1. The highest BCUT2D eigenvalue weighted by Gasteiger charge is 2.39. The predicted molar refractivity (Wildman–Crippen MR) is 177 cm³/mol. The van der Waals surface area contributed by atoms with E-state index in [1.165, 1.54) is 0 Å². The van der Waals surface area contributed by atoms with Crippen LogP contribution in [0.5, 0.6) is 5.75 Å². The van der Waals surface area contributed by atoms with Gasteiger partial charge in [-0.05, 0) is 59.4 Å². The van der Waals surface area contributed by atoms with Gasteiger partial charge in [-0.15, -0.1) is 0 Å². The third-order valence-corrected chi connectivity index (χ3v) is 8.54. The number of carbonyl (C=O) groups is 4. The molecule has 0 spiro atoms. The molecule has 1 saturated heterocycles. The third-order valence-electron chi connectivity index (χ3n) is 8.54. The van der Waals surface area contributed by atoms with Crippen molar-refractivity contribution in [2.75, 3.05) is 19.7 Å². The molecule has 4 amide bonds. The average molecular weight is 635 g/mol. The van der Waals surface area contributed by atoms with E-state index in [-0.39, 0.29) is 62.4 Å². The van der Waals surface area contributed by atoms with Crippen LogP contribution in [0.3, 0.4) is 0 Å². The van der Waals surface area contributed by atoms with Crippen LogP contribution in [0, 0.1) is 0 Å². The lowest BCUT2D eigenvalue weighted by molar-refractivity contribution is -0.135. The zero-order valence-electron chi connectivity index (χ0n) is 26.0. The molecule has 2 aliphatic rings. The lowest BCUT2D eigenvalue weighted by Crippen LogP contribution is -2.52. The fourth-order valence-electron chi connectivity index (χ4n) is 6.16. The van der Waals surface area contributed by atoms with Gasteiger partial charge in [-0.3, -0.25) is 14.4 Å². The van der Waals surface area contributed by atoms with Gasteiger partial charge in [0.25, 0.3) is 5.91 Å². The summed E-state index contributed by atoms with van der Waals surface area (Å²) in [6.45, 7) is 0.793. The number of benzene rings is 4. The summed E-state index contributed by atoms with van der Waals surface area (Å²) >= 11 is 0. The van der Waals surface area contributed by atoms with E-state index in [1.54, 1.807) is 29.2 Å². The Morgan fingerprint density at radius 1 is 0.872 bits per heavy atom. The van der Waals surface area contributed by atoms with Crippen LogP contribution < -0.4 is 20.7 Å². The quantitative estimate of drug-likeness (QED) is 0.289. The summed E-state index contributed by atoms with van der Waals surface area (Å²) in [5.41, 5.74) is 2.20. The number of carbonyl (C=O) groups excluding carboxylic acids is 4. The number of hydrogen-bond acceptors (Lipinski definition) is 6. The largest absolute Gasteiger partial charge is 0.491 e. The van der Waals surface area contributed by atoms with E-state index >= 15 is 0 Å². The molecular weight excluding hydrogens is 596 g/mol. The van der Waals surface area contributed by atoms with Crippen molar-refractivity contribution in [1.29, 1.82) is 0 Å². The second-order valence-electron chi connectivity index (χ2n) is 12.0. The van der Waals surface area contributed by atoms with Crippen molar-refractivity contribution >= 4 is 34.6 Å². The zero-order valence-corrected chi connectivity index (χ0v) is 26.0. The van der Waals surface area contributed by atoms with Gasteiger partial charge < -0.3 is 30.3 Å². The van der Waals surface area contributed by atoms with Crippen molar-refractivity contribution in [2.45, 2.75) is 50.4 Å². The second kappa shape index (κ2) is 14.8. The lowest BCUT2D eigenvalue weighted by atomic mass is 10.0. The zero-order chi connectivity index (χ0) is 32.6. The highest BCUT2D eigenvalue weighted by molar-refractivity contribution is 5.94. The Bertz CT molecular complexity index is 1750. The van der Waals surface area contributed by atoms with Gasteiger partial charge in [-0.25, -0.2) is 4.79 Å². The van der Waals surface area contributed by atoms with Crippen molar-refractivity contribution in [1.82, 2.24) is 20.9 Å². The molecule has 47 heavy (non-hydrogen) atoms. The van der Waals surface area contributed by atoms with Crippen molar-refractivity contribution in [3.63, 3.8) is 0 Å². The van der Waals surface area contributed by atoms with Crippen LogP contribution in [0.2, 0.25) is 0 Å². The Labute approximate surface area is 273 Å². The van der Waals surface area contributed by atoms with E-state index < -0.39 is 12.1 Å². The highest BCUT2D eigenvalue weighted by atomic mass is 16.5. The molecule has 2 bridgehead atoms. The van der Waals surface area contributed by atoms with Crippen LogP contribution in [0.25, 0.3) is 10.8 Å². The summed E-state index contributed by atoms with van der Waals surface area (Å²) in [4.78, 5) is 54.6. The van der Waals surface area contributed by atoms with Crippen molar-refractivity contribution in [3.05, 3.63) is 114 Å². The Balaban J connectivity index is 1.17. The van der Waals surface area contributed by atoms with Gasteiger partial charge in [0, 0.05) is 24.7 Å². The maximum atomic E-state index is 14.1. The predicted octanol–water partition coefficient (Wildman–Crippen LogP) is 4.37. The summed E-state index contributed by atoms with van der Waals surface area (Å²) in [6, 6.07) is 28.6. The van der Waals surface area contributed by atoms with E-state index in [2.05, 4.69) is 16.0 Å². The third kappa shape index (κ3) is 8.26. The molecule has 0 unspecified atom stereocenters. The number of amides is 4. The van der Waals surface area contributed by atoms with Gasteiger partial charge in [-0.2, -0.15) is 0 Å². The standard InChI is InChI=1S/C37H38N4O6/c42-34(19-26-15-16-27-10-4-5-11-28(27)18-26)39-30-21-31-24-46-32-13-6-12-29(20-32)35(43)38-17-7-14-33(36(44)41(31)22-30)40-37(45)47-23-25-8-2-1-3-9-25/h1-6,8-13,15-16,18,20,30-31,33H,7,14,17,19,21-24H2,(H,38,43)(H,39,42)(H,40,45)/t30-,31-,33-/m0/s1. The first kappa shape index (κ1) is 31.6. The molecule has 3 N–H and O–H groups in total. The molecule has 4 aromatic carbocycles. The molecule has 4 aromatic rings. The number of fused-ring (bicyclic) bond motifs is 4. The van der Waals surface area contributed by atoms with Crippen molar-refractivity contribution in [2.24, 2.45) is 0 Å². The first-order chi connectivity index (χ1) is 22.9. The van der Waals surface area contributed by atoms with Crippen LogP contribution >= 0.6 is 0 Å². The lowest BCUT2D eigenvalue weighted by Gasteiger charge is -2.29. The Morgan fingerprint density at radius 2 is 1.68 bits per heavy atom. The number of rotatable bonds is 6. The Hall–Kier alpha value is -5.38. The molecule has 6 rings (SSSR count). The number of alkyl carbamates (subject to hydrolysis) is 1. The first-order valence-electron chi connectivity index (χ1n) is 16.0. The summed E-state index contributed by atoms with van der Waals surface area (Å²) in [7, 11) is 0. The fourth-order valence-corrected chi connectivity index (χ4v) is 6.16. The minimum Gasteiger partial charge on any atom is -0.491 e. The molecule has 10 heteroatoms. The number of ether oxygens (including phenoxy) is 2. The topological polar surface area (TPSA) is 126 Å². The van der Waals surface area contributed by atoms with Crippen LogP contribution in [-0.4, -0.2) is 66.5 Å². The summed E-state index contributed by atoms with van der Waals surface area (Å²) < 4.78 is 11.5. The smallest absolute Gasteiger partial charge is 0.408 e. The normalized spacial score (nSPS) is 19.9. The van der Waals surface area contributed by atoms with Crippen LogP contribution in [0.4, 0.5) is 4.79 Å². The van der Waals surface area contributed by atoms with E-state index in [4.69, 9.17) is 9.47 Å². The average Bonchev–Trinajstić information content (AvgIpc) is 3.49. The van der Waals surface area contributed by atoms with E-state index in [9.17, 15) is 19.2 Å². The van der Waals surface area contributed by atoms with Crippen LogP contribution in [0.15, 0.2) is 97.1 Å². The van der Waals surface area contributed by atoms with E-state index in [1.807, 2.05) is 72.8 Å². The molecule has 0 aliphatic carbocycles. The Kier molecular flexibility index (Phi) is 9.95. The Morgan fingerprint density at radius 3 is 2.53 bits per heavy atom. The van der Waals surface area contributed by atoms with Crippen molar-refractivity contribution in [3.8, 4) is 5.75 Å². The maximum Gasteiger partial charge on any atom is 0.408 e. The SMILES string of the molecule is O=C(Cc1ccc2ccccc2c1)N[C@H]1C[C@H]2COc3cccc(c3)C(=O)NCCC[C@H](NC(=O)OCc3ccccc3)C(=O)N2C1. The molecular formula is C37H38N4O6. The van der Waals surface area contributed by atoms with E-state index in [0.29, 0.717) is 30.7 Å².